The Kier molecular flexibility index (Phi) is 4.73. The molecule has 0 aromatic heterocycles. The smallest absolute Gasteiger partial charge is 0.131 e. The number of allylic oxidation sites excluding steroid dienone is 1. The Morgan fingerprint density at radius 1 is 0.889 bits per heavy atom. The third-order valence-corrected chi connectivity index (χ3v) is 4.96. The minimum atomic E-state index is -0.349. The van der Waals surface area contributed by atoms with E-state index in [4.69, 9.17) is 12.2 Å². The Hall–Kier alpha value is -2.98. The van der Waals surface area contributed by atoms with Gasteiger partial charge in [-0.25, -0.2) is 9.38 Å². The molecule has 132 valence electrons. The fourth-order valence-corrected chi connectivity index (χ4v) is 3.53. The molecule has 4 heteroatoms. The molecule has 1 unspecified atom stereocenters. The number of aliphatic imine (C=N–C) groups is 2. The minimum absolute atomic E-state index is 0.241. The van der Waals surface area contributed by atoms with E-state index in [0.29, 0.717) is 16.1 Å². The van der Waals surface area contributed by atoms with Crippen LogP contribution in [0, 0.1) is 5.82 Å². The topological polar surface area (TPSA) is 24.7 Å². The number of hydrogen-bond acceptors (Lipinski definition) is 3. The van der Waals surface area contributed by atoms with Crippen molar-refractivity contribution in [3.05, 3.63) is 89.8 Å². The van der Waals surface area contributed by atoms with Gasteiger partial charge in [-0.3, -0.25) is 4.99 Å². The molecule has 1 heterocycles. The average Bonchev–Trinajstić information content (AvgIpc) is 2.70. The van der Waals surface area contributed by atoms with Crippen LogP contribution >= 0.6 is 12.2 Å². The Morgan fingerprint density at radius 2 is 1.59 bits per heavy atom. The number of hydrogen-bond donors (Lipinski definition) is 0. The summed E-state index contributed by atoms with van der Waals surface area (Å²) in [5, 5.41) is 1.41. The van der Waals surface area contributed by atoms with E-state index in [1.807, 2.05) is 67.6 Å². The predicted molar refractivity (Wildman–Crippen MR) is 115 cm³/mol. The van der Waals surface area contributed by atoms with Crippen molar-refractivity contribution in [3.8, 4) is 0 Å². The van der Waals surface area contributed by atoms with E-state index in [1.54, 1.807) is 12.1 Å². The first-order valence-corrected chi connectivity index (χ1v) is 9.12. The lowest BCUT2D eigenvalue weighted by atomic mass is 9.94. The van der Waals surface area contributed by atoms with Crippen LogP contribution in [0.2, 0.25) is 0 Å². The first-order valence-electron chi connectivity index (χ1n) is 8.71. The molecule has 4 rings (SSSR count). The highest BCUT2D eigenvalue weighted by atomic mass is 32.1. The highest BCUT2D eigenvalue weighted by molar-refractivity contribution is 7.82. The highest BCUT2D eigenvalue weighted by Crippen LogP contribution is 2.32. The molecule has 0 N–H and O–H groups in total. The summed E-state index contributed by atoms with van der Waals surface area (Å²) >= 11 is 5.71. The monoisotopic (exact) mass is 372 g/mol. The van der Waals surface area contributed by atoms with Crippen LogP contribution in [0.5, 0.6) is 0 Å². The fourth-order valence-electron chi connectivity index (χ4n) is 3.24. The van der Waals surface area contributed by atoms with Crippen LogP contribution in [-0.2, 0) is 0 Å². The van der Waals surface area contributed by atoms with Gasteiger partial charge in [-0.15, -0.1) is 0 Å². The molecule has 0 saturated carbocycles. The summed E-state index contributed by atoms with van der Waals surface area (Å²) in [7, 11) is 0. The van der Waals surface area contributed by atoms with E-state index in [-0.39, 0.29) is 11.9 Å². The van der Waals surface area contributed by atoms with Gasteiger partial charge < -0.3 is 0 Å². The molecule has 3 aromatic rings. The molecule has 0 aliphatic carbocycles. The Balaban J connectivity index is 1.74. The third-order valence-electron chi connectivity index (χ3n) is 4.53. The van der Waals surface area contributed by atoms with Crippen LogP contribution in [0.3, 0.4) is 0 Å². The number of nitrogens with zero attached hydrogens (tertiary/aromatic N) is 2. The molecule has 3 aromatic carbocycles. The zero-order valence-corrected chi connectivity index (χ0v) is 15.6. The van der Waals surface area contributed by atoms with Crippen LogP contribution in [0.15, 0.2) is 82.8 Å². The SMILES string of the molecule is CC1=NC(c2ccc(F)c3ccccc23)C(=S)C(C=Cc2ccccc2)=N1. The molecule has 0 amide bonds. The molecule has 1 aliphatic heterocycles. The van der Waals surface area contributed by atoms with Gasteiger partial charge in [0, 0.05) is 5.39 Å². The zero-order chi connectivity index (χ0) is 18.8. The molecule has 0 fully saturated rings. The summed E-state index contributed by atoms with van der Waals surface area (Å²) < 4.78 is 14.2. The normalized spacial score (nSPS) is 17.3. The Bertz CT molecular complexity index is 1110. The quantitative estimate of drug-likeness (QED) is 0.519. The summed E-state index contributed by atoms with van der Waals surface area (Å²) in [4.78, 5) is 9.81. The minimum Gasteiger partial charge on any atom is -0.257 e. The summed E-state index contributed by atoms with van der Waals surface area (Å²) in [6, 6.07) is 20.3. The summed E-state index contributed by atoms with van der Waals surface area (Å²) in [5.41, 5.74) is 2.70. The lowest BCUT2D eigenvalue weighted by Crippen LogP contribution is -2.23. The van der Waals surface area contributed by atoms with E-state index in [9.17, 15) is 4.39 Å². The molecule has 1 aliphatic rings. The molecular weight excluding hydrogens is 355 g/mol. The molecule has 2 nitrogen and oxygen atoms in total. The van der Waals surface area contributed by atoms with Crippen molar-refractivity contribution < 1.29 is 4.39 Å². The van der Waals surface area contributed by atoms with Gasteiger partial charge in [0.1, 0.15) is 17.7 Å². The van der Waals surface area contributed by atoms with E-state index in [2.05, 4.69) is 9.98 Å². The summed E-state index contributed by atoms with van der Waals surface area (Å²) in [6.45, 7) is 1.86. The third kappa shape index (κ3) is 3.49. The molecule has 0 saturated heterocycles. The predicted octanol–water partition coefficient (Wildman–Crippen LogP) is 5.98. The van der Waals surface area contributed by atoms with E-state index >= 15 is 0 Å². The van der Waals surface area contributed by atoms with Crippen molar-refractivity contribution in [2.75, 3.05) is 0 Å². The van der Waals surface area contributed by atoms with Crippen LogP contribution in [0.1, 0.15) is 24.1 Å². The number of benzene rings is 3. The molecule has 0 bridgehead atoms. The van der Waals surface area contributed by atoms with Crippen molar-refractivity contribution in [1.29, 1.82) is 0 Å². The lowest BCUT2D eigenvalue weighted by molar-refractivity contribution is 0.639. The standard InChI is InChI=1S/C23H17FN2S/c1-15-25-21(14-11-16-7-3-2-4-8-16)23(27)22(26-15)19-12-13-20(24)18-10-6-5-9-17(18)19/h2-14,22H,1H3. The second-order valence-electron chi connectivity index (χ2n) is 6.37. The van der Waals surface area contributed by atoms with Gasteiger partial charge in [0.05, 0.1) is 10.6 Å². The maximum Gasteiger partial charge on any atom is 0.131 e. The number of rotatable bonds is 3. The van der Waals surface area contributed by atoms with Crippen molar-refractivity contribution >= 4 is 45.5 Å². The number of thiocarbonyl (C=S) groups is 1. The molecule has 27 heavy (non-hydrogen) atoms. The zero-order valence-electron chi connectivity index (χ0n) is 14.8. The van der Waals surface area contributed by atoms with Gasteiger partial charge in [0.25, 0.3) is 0 Å². The largest absolute Gasteiger partial charge is 0.257 e. The van der Waals surface area contributed by atoms with Crippen LogP contribution in [0.25, 0.3) is 16.8 Å². The molecule has 1 atom stereocenters. The number of fused-ring (bicyclic) bond motifs is 1. The molecule has 0 radical (unpaired) electrons. The Labute approximate surface area is 162 Å². The fraction of sp³-hybridized carbons (Fsp3) is 0.0870. The first kappa shape index (κ1) is 17.4. The van der Waals surface area contributed by atoms with Gasteiger partial charge in [-0.2, -0.15) is 0 Å². The second-order valence-corrected chi connectivity index (χ2v) is 6.81. The van der Waals surface area contributed by atoms with E-state index < -0.39 is 0 Å². The van der Waals surface area contributed by atoms with Crippen molar-refractivity contribution in [3.63, 3.8) is 0 Å². The molecular formula is C23H17FN2S. The number of halogens is 1. The maximum absolute atomic E-state index is 14.2. The van der Waals surface area contributed by atoms with Gasteiger partial charge in [-0.05, 0) is 35.6 Å². The lowest BCUT2D eigenvalue weighted by Gasteiger charge is -2.21. The maximum atomic E-state index is 14.2. The van der Waals surface area contributed by atoms with Crippen LogP contribution in [0.4, 0.5) is 4.39 Å². The van der Waals surface area contributed by atoms with Gasteiger partial charge in [-0.1, -0.05) is 79.0 Å². The second kappa shape index (κ2) is 7.33. The molecule has 0 spiro atoms. The van der Waals surface area contributed by atoms with Crippen LogP contribution in [-0.4, -0.2) is 16.4 Å². The summed E-state index contributed by atoms with van der Waals surface area (Å²) in [6.07, 6.45) is 3.91. The van der Waals surface area contributed by atoms with Gasteiger partial charge in [0.2, 0.25) is 0 Å². The van der Waals surface area contributed by atoms with Crippen molar-refractivity contribution in [1.82, 2.24) is 0 Å². The van der Waals surface area contributed by atoms with Gasteiger partial charge >= 0.3 is 0 Å². The first-order chi connectivity index (χ1) is 13.1. The van der Waals surface area contributed by atoms with E-state index in [1.165, 1.54) is 6.07 Å². The van der Waals surface area contributed by atoms with Crippen molar-refractivity contribution in [2.24, 2.45) is 9.98 Å². The highest BCUT2D eigenvalue weighted by Gasteiger charge is 2.25. The average molecular weight is 372 g/mol. The number of amidine groups is 1. The summed E-state index contributed by atoms with van der Waals surface area (Å²) in [5.74, 6) is 0.421. The van der Waals surface area contributed by atoms with E-state index in [0.717, 1.165) is 22.2 Å². The van der Waals surface area contributed by atoms with Crippen LogP contribution < -0.4 is 0 Å². The van der Waals surface area contributed by atoms with Crippen molar-refractivity contribution in [2.45, 2.75) is 13.0 Å². The van der Waals surface area contributed by atoms with Gasteiger partial charge in [0.15, 0.2) is 0 Å². The Morgan fingerprint density at radius 3 is 2.37 bits per heavy atom.